The standard InChI is InChI=1S/C28H45N5O6/c1-9-19(4)26(32(6)23(35)15-29)27(37)30-16-24(36)33(7)25(18(2)3)28(38)31(5)21(17-34)14-20-10-12-22(39-8)13-11-20/h10-13,17-19,21,25-26H,9,14-16,29H2,1-8H3,(H,30,37). The molecule has 0 radical (unpaired) electrons. The zero-order valence-corrected chi connectivity index (χ0v) is 24.5. The first kappa shape index (κ1) is 33.6. The summed E-state index contributed by atoms with van der Waals surface area (Å²) in [5.41, 5.74) is 6.32. The Kier molecular flexibility index (Phi) is 13.6. The van der Waals surface area contributed by atoms with E-state index in [1.165, 1.54) is 28.8 Å². The van der Waals surface area contributed by atoms with Crippen LogP contribution in [0.25, 0.3) is 0 Å². The van der Waals surface area contributed by atoms with Gasteiger partial charge in [0.2, 0.25) is 23.6 Å². The van der Waals surface area contributed by atoms with E-state index in [9.17, 15) is 24.0 Å². The van der Waals surface area contributed by atoms with E-state index < -0.39 is 29.9 Å². The summed E-state index contributed by atoms with van der Waals surface area (Å²) in [4.78, 5) is 67.6. The number of amides is 4. The highest BCUT2D eigenvalue weighted by Gasteiger charge is 2.35. The molecule has 0 aromatic heterocycles. The Bertz CT molecular complexity index is 983. The van der Waals surface area contributed by atoms with Crippen LogP contribution < -0.4 is 15.8 Å². The predicted octanol–water partition coefficient (Wildman–Crippen LogP) is 0.695. The number of hydrogen-bond acceptors (Lipinski definition) is 7. The van der Waals surface area contributed by atoms with Gasteiger partial charge in [-0.25, -0.2) is 0 Å². The lowest BCUT2D eigenvalue weighted by molar-refractivity contribution is -0.148. The molecule has 0 fully saturated rings. The summed E-state index contributed by atoms with van der Waals surface area (Å²) >= 11 is 0. The van der Waals surface area contributed by atoms with Gasteiger partial charge in [0, 0.05) is 21.1 Å². The number of nitrogens with two attached hydrogens (primary N) is 1. The molecule has 11 nitrogen and oxygen atoms in total. The van der Waals surface area contributed by atoms with Crippen molar-refractivity contribution >= 4 is 29.9 Å². The number of methoxy groups -OCH3 is 1. The summed E-state index contributed by atoms with van der Waals surface area (Å²) in [6.07, 6.45) is 1.66. The SMILES string of the molecule is CCC(C)C(C(=O)NCC(=O)N(C)C(C(=O)N(C)C(C=O)Cc1ccc(OC)cc1)C(C)C)N(C)C(=O)CN. The molecule has 0 spiro atoms. The van der Waals surface area contributed by atoms with E-state index in [0.717, 1.165) is 11.8 Å². The zero-order chi connectivity index (χ0) is 29.9. The molecule has 0 aliphatic rings. The van der Waals surface area contributed by atoms with Crippen LogP contribution in [0.15, 0.2) is 24.3 Å². The van der Waals surface area contributed by atoms with Crippen LogP contribution >= 0.6 is 0 Å². The molecule has 218 valence electrons. The highest BCUT2D eigenvalue weighted by molar-refractivity contribution is 5.93. The summed E-state index contributed by atoms with van der Waals surface area (Å²) in [6.45, 7) is 6.79. The third kappa shape index (κ3) is 9.05. The van der Waals surface area contributed by atoms with Crippen LogP contribution in [-0.2, 0) is 30.4 Å². The van der Waals surface area contributed by atoms with Gasteiger partial charge in [0.25, 0.3) is 0 Å². The van der Waals surface area contributed by atoms with E-state index in [2.05, 4.69) is 5.32 Å². The Balaban J connectivity index is 2.98. The molecule has 11 heteroatoms. The maximum atomic E-state index is 13.5. The molecule has 0 saturated heterocycles. The van der Waals surface area contributed by atoms with Crippen molar-refractivity contribution in [3.8, 4) is 5.75 Å². The Labute approximate surface area is 232 Å². The fourth-order valence-corrected chi connectivity index (χ4v) is 4.44. The fourth-order valence-electron chi connectivity index (χ4n) is 4.44. The summed E-state index contributed by atoms with van der Waals surface area (Å²) in [5, 5.41) is 2.62. The van der Waals surface area contributed by atoms with Gasteiger partial charge in [0.05, 0.1) is 26.2 Å². The number of carbonyl (C=O) groups is 5. The van der Waals surface area contributed by atoms with Gasteiger partial charge < -0.3 is 35.3 Å². The van der Waals surface area contributed by atoms with Crippen LogP contribution in [-0.4, -0.2) is 104 Å². The van der Waals surface area contributed by atoms with E-state index in [1.807, 2.05) is 39.8 Å². The second-order valence-corrected chi connectivity index (χ2v) is 10.2. The average molecular weight is 548 g/mol. The minimum atomic E-state index is -0.857. The van der Waals surface area contributed by atoms with E-state index in [4.69, 9.17) is 10.5 Å². The van der Waals surface area contributed by atoms with Gasteiger partial charge in [-0.05, 0) is 36.0 Å². The molecule has 4 unspecified atom stereocenters. The molecule has 3 N–H and O–H groups in total. The Hall–Kier alpha value is -3.47. The van der Waals surface area contributed by atoms with Crippen molar-refractivity contribution in [2.24, 2.45) is 17.6 Å². The summed E-state index contributed by atoms with van der Waals surface area (Å²) in [5.74, 6) is -1.46. The number of rotatable bonds is 15. The normalized spacial score (nSPS) is 14.0. The van der Waals surface area contributed by atoms with Crippen LogP contribution in [0.4, 0.5) is 0 Å². The van der Waals surface area contributed by atoms with Crippen molar-refractivity contribution < 1.29 is 28.7 Å². The van der Waals surface area contributed by atoms with Gasteiger partial charge in [-0.1, -0.05) is 46.2 Å². The maximum absolute atomic E-state index is 13.5. The van der Waals surface area contributed by atoms with Crippen LogP contribution in [0.1, 0.15) is 39.7 Å². The molecule has 0 bridgehead atoms. The molecule has 0 aliphatic heterocycles. The topological polar surface area (TPSA) is 142 Å². The number of hydrogen-bond donors (Lipinski definition) is 2. The number of aldehydes is 1. The van der Waals surface area contributed by atoms with E-state index in [0.29, 0.717) is 18.6 Å². The quantitative estimate of drug-likeness (QED) is 0.308. The number of benzene rings is 1. The third-order valence-corrected chi connectivity index (χ3v) is 7.15. The average Bonchev–Trinajstić information content (AvgIpc) is 2.93. The first-order valence-electron chi connectivity index (χ1n) is 13.2. The molecule has 0 aliphatic carbocycles. The number of nitrogens with one attached hydrogen (secondary N) is 1. The lowest BCUT2D eigenvalue weighted by atomic mass is 9.97. The molecule has 1 rings (SSSR count). The predicted molar refractivity (Wildman–Crippen MR) is 149 cm³/mol. The van der Waals surface area contributed by atoms with Crippen molar-refractivity contribution in [2.45, 2.75) is 58.7 Å². The van der Waals surface area contributed by atoms with Gasteiger partial charge in [-0.2, -0.15) is 0 Å². The summed E-state index contributed by atoms with van der Waals surface area (Å²) < 4.78 is 5.16. The fraction of sp³-hybridized carbons (Fsp3) is 0.607. The Morgan fingerprint density at radius 3 is 1.97 bits per heavy atom. The van der Waals surface area contributed by atoms with E-state index in [-0.39, 0.29) is 36.7 Å². The van der Waals surface area contributed by atoms with Crippen LogP contribution in [0, 0.1) is 11.8 Å². The number of ether oxygens (including phenoxy) is 1. The molecule has 0 heterocycles. The Morgan fingerprint density at radius 2 is 1.51 bits per heavy atom. The minimum Gasteiger partial charge on any atom is -0.497 e. The first-order chi connectivity index (χ1) is 18.3. The lowest BCUT2D eigenvalue weighted by Crippen LogP contribution is -2.57. The van der Waals surface area contributed by atoms with Gasteiger partial charge >= 0.3 is 0 Å². The molecule has 0 saturated carbocycles. The molecule has 4 amide bonds. The van der Waals surface area contributed by atoms with Crippen molar-refractivity contribution in [2.75, 3.05) is 41.3 Å². The first-order valence-corrected chi connectivity index (χ1v) is 13.2. The second kappa shape index (κ2) is 15.8. The zero-order valence-electron chi connectivity index (χ0n) is 24.5. The van der Waals surface area contributed by atoms with Crippen molar-refractivity contribution in [3.05, 3.63) is 29.8 Å². The molecule has 4 atom stereocenters. The minimum absolute atomic E-state index is 0.164. The highest BCUT2D eigenvalue weighted by atomic mass is 16.5. The van der Waals surface area contributed by atoms with Crippen LogP contribution in [0.5, 0.6) is 5.75 Å². The van der Waals surface area contributed by atoms with Gasteiger partial charge in [-0.15, -0.1) is 0 Å². The van der Waals surface area contributed by atoms with Gasteiger partial charge in [0.1, 0.15) is 24.1 Å². The number of likely N-dealkylation sites (N-methyl/N-ethyl adjacent to an activating group) is 3. The lowest BCUT2D eigenvalue weighted by Gasteiger charge is -2.35. The Morgan fingerprint density at radius 1 is 0.949 bits per heavy atom. The van der Waals surface area contributed by atoms with Crippen molar-refractivity contribution in [3.63, 3.8) is 0 Å². The monoisotopic (exact) mass is 547 g/mol. The molecular weight excluding hydrogens is 502 g/mol. The van der Waals surface area contributed by atoms with Crippen LogP contribution in [0.2, 0.25) is 0 Å². The molecular formula is C28H45N5O6. The molecule has 1 aromatic rings. The largest absolute Gasteiger partial charge is 0.497 e. The van der Waals surface area contributed by atoms with Crippen LogP contribution in [0.3, 0.4) is 0 Å². The summed E-state index contributed by atoms with van der Waals surface area (Å²) in [6, 6.07) is 4.85. The number of nitrogens with zero attached hydrogens (tertiary/aromatic N) is 3. The maximum Gasteiger partial charge on any atom is 0.245 e. The smallest absolute Gasteiger partial charge is 0.245 e. The van der Waals surface area contributed by atoms with E-state index >= 15 is 0 Å². The highest BCUT2D eigenvalue weighted by Crippen LogP contribution is 2.18. The summed E-state index contributed by atoms with van der Waals surface area (Å²) in [7, 11) is 6.12. The second-order valence-electron chi connectivity index (χ2n) is 10.2. The van der Waals surface area contributed by atoms with E-state index in [1.54, 1.807) is 26.3 Å². The third-order valence-electron chi connectivity index (χ3n) is 7.15. The molecule has 39 heavy (non-hydrogen) atoms. The van der Waals surface area contributed by atoms with Crippen molar-refractivity contribution in [1.82, 2.24) is 20.0 Å². The molecule has 1 aromatic carbocycles. The number of carbonyl (C=O) groups excluding carboxylic acids is 5. The van der Waals surface area contributed by atoms with Gasteiger partial charge in [0.15, 0.2) is 0 Å². The van der Waals surface area contributed by atoms with Crippen molar-refractivity contribution in [1.29, 1.82) is 0 Å². The van der Waals surface area contributed by atoms with Gasteiger partial charge in [-0.3, -0.25) is 19.2 Å².